The van der Waals surface area contributed by atoms with Gasteiger partial charge in [-0.25, -0.2) is 4.98 Å². The molecule has 2 aromatic rings. The number of hydrogen-bond donors (Lipinski definition) is 1. The Morgan fingerprint density at radius 3 is 2.72 bits per heavy atom. The number of carbonyl (C=O) groups is 2. The normalized spacial score (nSPS) is 23.4. The molecule has 0 aliphatic carbocycles. The Morgan fingerprint density at radius 2 is 2.00 bits per heavy atom. The summed E-state index contributed by atoms with van der Waals surface area (Å²) >= 11 is 0. The van der Waals surface area contributed by atoms with E-state index < -0.39 is 5.54 Å². The van der Waals surface area contributed by atoms with Gasteiger partial charge in [0.1, 0.15) is 5.54 Å². The minimum atomic E-state index is -0.725. The first kappa shape index (κ1) is 15.8. The van der Waals surface area contributed by atoms with E-state index in [-0.39, 0.29) is 11.8 Å². The second-order valence-electron chi connectivity index (χ2n) is 6.68. The quantitative estimate of drug-likeness (QED) is 0.921. The Balaban J connectivity index is 1.59. The number of amides is 2. The topological polar surface area (TPSA) is 82.2 Å². The molecule has 1 N–H and O–H groups in total. The van der Waals surface area contributed by atoms with Crippen LogP contribution in [0.5, 0.6) is 0 Å². The van der Waals surface area contributed by atoms with Crippen LogP contribution in [0.25, 0.3) is 0 Å². The highest BCUT2D eigenvalue weighted by atomic mass is 16.2. The van der Waals surface area contributed by atoms with Crippen LogP contribution in [-0.4, -0.2) is 55.2 Å². The summed E-state index contributed by atoms with van der Waals surface area (Å²) in [5.74, 6) is 0.160. The van der Waals surface area contributed by atoms with Gasteiger partial charge in [-0.3, -0.25) is 14.6 Å². The minimum Gasteiger partial charge on any atom is -0.341 e. The van der Waals surface area contributed by atoms with Gasteiger partial charge in [0.2, 0.25) is 5.91 Å². The molecule has 1 atom stereocenters. The van der Waals surface area contributed by atoms with E-state index in [9.17, 15) is 9.59 Å². The molecule has 0 saturated carbocycles. The Morgan fingerprint density at radius 1 is 1.16 bits per heavy atom. The van der Waals surface area contributed by atoms with Gasteiger partial charge in [0, 0.05) is 31.7 Å². The number of imidazole rings is 1. The summed E-state index contributed by atoms with van der Waals surface area (Å²) in [5, 5.41) is 0. The van der Waals surface area contributed by atoms with Crippen molar-refractivity contribution in [1.29, 1.82) is 0 Å². The highest BCUT2D eigenvalue weighted by Crippen LogP contribution is 2.39. The van der Waals surface area contributed by atoms with Crippen molar-refractivity contribution >= 4 is 11.8 Å². The summed E-state index contributed by atoms with van der Waals surface area (Å²) < 4.78 is 0. The fraction of sp³-hybridized carbons (Fsp3) is 0.444. The van der Waals surface area contributed by atoms with Crippen molar-refractivity contribution in [1.82, 2.24) is 24.8 Å². The zero-order valence-electron chi connectivity index (χ0n) is 14.0. The molecule has 4 heterocycles. The molecule has 2 aliphatic heterocycles. The summed E-state index contributed by atoms with van der Waals surface area (Å²) in [6.45, 7) is 1.80. The number of nitrogens with zero attached hydrogens (tertiary/aromatic N) is 4. The van der Waals surface area contributed by atoms with Crippen molar-refractivity contribution in [3.05, 3.63) is 48.3 Å². The second-order valence-corrected chi connectivity index (χ2v) is 6.68. The summed E-state index contributed by atoms with van der Waals surface area (Å²) in [5.41, 5.74) is 0.145. The standard InChI is InChI=1S/C18H21N5O2/c24-16(15-20-9-10-21-15)23-12-4-7-18(23)6-3-11-22(17(18)25)13-14-5-1-2-8-19-14/h1-2,5,8-10H,3-4,6-7,11-13H2,(H,20,21). The Hall–Kier alpha value is -2.70. The third kappa shape index (κ3) is 2.69. The van der Waals surface area contributed by atoms with E-state index in [1.807, 2.05) is 23.1 Å². The van der Waals surface area contributed by atoms with Crippen LogP contribution in [-0.2, 0) is 11.3 Å². The molecule has 7 heteroatoms. The first-order valence-corrected chi connectivity index (χ1v) is 8.71. The van der Waals surface area contributed by atoms with Gasteiger partial charge < -0.3 is 14.8 Å². The first-order chi connectivity index (χ1) is 12.2. The van der Waals surface area contributed by atoms with Gasteiger partial charge in [-0.1, -0.05) is 6.07 Å². The molecule has 1 spiro atoms. The maximum Gasteiger partial charge on any atom is 0.290 e. The van der Waals surface area contributed by atoms with Crippen molar-refractivity contribution in [2.24, 2.45) is 0 Å². The molecule has 130 valence electrons. The Labute approximate surface area is 146 Å². The molecule has 2 saturated heterocycles. The van der Waals surface area contributed by atoms with Gasteiger partial charge >= 0.3 is 0 Å². The molecule has 0 radical (unpaired) electrons. The highest BCUT2D eigenvalue weighted by Gasteiger charge is 2.53. The smallest absolute Gasteiger partial charge is 0.290 e. The van der Waals surface area contributed by atoms with Crippen molar-refractivity contribution in [3.8, 4) is 0 Å². The number of pyridine rings is 1. The molecule has 7 nitrogen and oxygen atoms in total. The van der Waals surface area contributed by atoms with Gasteiger partial charge in [-0.2, -0.15) is 0 Å². The average molecular weight is 339 g/mol. The lowest BCUT2D eigenvalue weighted by Crippen LogP contribution is -2.61. The third-order valence-corrected chi connectivity index (χ3v) is 5.22. The number of hydrogen-bond acceptors (Lipinski definition) is 4. The van der Waals surface area contributed by atoms with Gasteiger partial charge in [0.05, 0.1) is 12.2 Å². The average Bonchev–Trinajstić information content (AvgIpc) is 3.30. The molecule has 4 rings (SSSR count). The number of nitrogens with one attached hydrogen (secondary N) is 1. The molecule has 0 aromatic carbocycles. The SMILES string of the molecule is O=C(c1ncc[nH]1)N1CCCC12CCCN(Cc1ccccn1)C2=O. The lowest BCUT2D eigenvalue weighted by molar-refractivity contribution is -0.146. The fourth-order valence-corrected chi connectivity index (χ4v) is 4.07. The van der Waals surface area contributed by atoms with Crippen molar-refractivity contribution in [2.45, 2.75) is 37.8 Å². The lowest BCUT2D eigenvalue weighted by atomic mass is 9.85. The fourth-order valence-electron chi connectivity index (χ4n) is 4.07. The number of aromatic nitrogens is 3. The Bertz CT molecular complexity index is 761. The van der Waals surface area contributed by atoms with Crippen LogP contribution in [0.4, 0.5) is 0 Å². The van der Waals surface area contributed by atoms with Crippen LogP contribution < -0.4 is 0 Å². The third-order valence-electron chi connectivity index (χ3n) is 5.22. The van der Waals surface area contributed by atoms with Crippen LogP contribution in [0.3, 0.4) is 0 Å². The predicted octanol–water partition coefficient (Wildman–Crippen LogP) is 1.60. The molecular weight excluding hydrogens is 318 g/mol. The number of rotatable bonds is 3. The molecule has 0 bridgehead atoms. The predicted molar refractivity (Wildman–Crippen MR) is 90.5 cm³/mol. The highest BCUT2D eigenvalue weighted by molar-refractivity contribution is 5.98. The van der Waals surface area contributed by atoms with E-state index in [1.165, 1.54) is 0 Å². The zero-order valence-corrected chi connectivity index (χ0v) is 14.0. The molecule has 2 aromatic heterocycles. The zero-order chi connectivity index (χ0) is 17.3. The van der Waals surface area contributed by atoms with Gasteiger partial charge in [0.15, 0.2) is 5.82 Å². The van der Waals surface area contributed by atoms with Crippen molar-refractivity contribution in [3.63, 3.8) is 0 Å². The van der Waals surface area contributed by atoms with E-state index in [4.69, 9.17) is 0 Å². The number of aromatic amines is 1. The largest absolute Gasteiger partial charge is 0.341 e. The molecule has 1 unspecified atom stereocenters. The monoisotopic (exact) mass is 339 g/mol. The summed E-state index contributed by atoms with van der Waals surface area (Å²) in [4.78, 5) is 41.0. The number of piperidine rings is 1. The van der Waals surface area contributed by atoms with Crippen LogP contribution in [0.15, 0.2) is 36.8 Å². The lowest BCUT2D eigenvalue weighted by Gasteiger charge is -2.44. The van der Waals surface area contributed by atoms with E-state index in [2.05, 4.69) is 15.0 Å². The van der Waals surface area contributed by atoms with E-state index >= 15 is 0 Å². The van der Waals surface area contributed by atoms with Crippen LogP contribution in [0.1, 0.15) is 42.0 Å². The Kier molecular flexibility index (Phi) is 3.99. The van der Waals surface area contributed by atoms with Crippen molar-refractivity contribution in [2.75, 3.05) is 13.1 Å². The van der Waals surface area contributed by atoms with E-state index in [0.29, 0.717) is 25.5 Å². The summed E-state index contributed by atoms with van der Waals surface area (Å²) in [7, 11) is 0. The maximum absolute atomic E-state index is 13.3. The maximum atomic E-state index is 13.3. The number of likely N-dealkylation sites (tertiary alicyclic amines) is 2. The number of H-pyrrole nitrogens is 1. The van der Waals surface area contributed by atoms with Crippen LogP contribution >= 0.6 is 0 Å². The minimum absolute atomic E-state index is 0.0433. The molecule has 25 heavy (non-hydrogen) atoms. The molecular formula is C18H21N5O2. The van der Waals surface area contributed by atoms with Crippen LogP contribution in [0, 0.1) is 0 Å². The van der Waals surface area contributed by atoms with Gasteiger partial charge in [-0.15, -0.1) is 0 Å². The molecule has 2 fully saturated rings. The van der Waals surface area contributed by atoms with Gasteiger partial charge in [0.25, 0.3) is 5.91 Å². The summed E-state index contributed by atoms with van der Waals surface area (Å²) in [6, 6.07) is 5.72. The molecule has 2 aliphatic rings. The van der Waals surface area contributed by atoms with Crippen LogP contribution in [0.2, 0.25) is 0 Å². The van der Waals surface area contributed by atoms with E-state index in [0.717, 1.165) is 31.4 Å². The van der Waals surface area contributed by atoms with Crippen molar-refractivity contribution < 1.29 is 9.59 Å². The second kappa shape index (κ2) is 6.31. The van der Waals surface area contributed by atoms with Gasteiger partial charge in [-0.05, 0) is 37.8 Å². The number of carbonyl (C=O) groups excluding carboxylic acids is 2. The summed E-state index contributed by atoms with van der Waals surface area (Å²) in [6.07, 6.45) is 8.10. The first-order valence-electron chi connectivity index (χ1n) is 8.71. The van der Waals surface area contributed by atoms with E-state index in [1.54, 1.807) is 23.5 Å². The molecule has 2 amide bonds.